The second-order valence-electron chi connectivity index (χ2n) is 11.1. The molecular weight excluding hydrogens is 602 g/mol. The number of hydrogen-bond acceptors (Lipinski definition) is 3. The first-order valence-corrected chi connectivity index (χ1v) is 14.5. The van der Waals surface area contributed by atoms with Gasteiger partial charge in [-0.1, -0.05) is 55.7 Å². The molecule has 3 aromatic rings. The van der Waals surface area contributed by atoms with Crippen LogP contribution in [-0.4, -0.2) is 29.4 Å². The van der Waals surface area contributed by atoms with E-state index in [1.807, 2.05) is 12.1 Å². The summed E-state index contributed by atoms with van der Waals surface area (Å²) in [5.74, 6) is -2.81. The number of benzene rings is 3. The molecule has 0 aromatic heterocycles. The Labute approximate surface area is 255 Å². The van der Waals surface area contributed by atoms with E-state index in [4.69, 9.17) is 5.11 Å². The zero-order chi connectivity index (χ0) is 32.8. The summed E-state index contributed by atoms with van der Waals surface area (Å²) in [6.45, 7) is -0.0605. The van der Waals surface area contributed by atoms with Crippen LogP contribution >= 0.6 is 0 Å². The quantitative estimate of drug-likeness (QED) is 0.197. The molecule has 1 aliphatic carbocycles. The van der Waals surface area contributed by atoms with Gasteiger partial charge < -0.3 is 15.7 Å². The van der Waals surface area contributed by atoms with Crippen LogP contribution in [0.3, 0.4) is 0 Å². The molecule has 0 heterocycles. The highest BCUT2D eigenvalue weighted by molar-refractivity contribution is 5.96. The van der Waals surface area contributed by atoms with Crippen molar-refractivity contribution < 1.29 is 45.8 Å². The highest BCUT2D eigenvalue weighted by atomic mass is 19.4. The number of amides is 2. The predicted molar refractivity (Wildman–Crippen MR) is 155 cm³/mol. The number of rotatable bonds is 10. The van der Waals surface area contributed by atoms with Crippen molar-refractivity contribution in [3.05, 3.63) is 100 Å². The Morgan fingerprint density at radius 1 is 0.800 bits per heavy atom. The zero-order valence-corrected chi connectivity index (χ0v) is 24.1. The first-order valence-electron chi connectivity index (χ1n) is 14.5. The molecule has 1 atom stereocenters. The van der Waals surface area contributed by atoms with E-state index in [1.165, 1.54) is 18.6 Å². The molecule has 3 N–H and O–H groups in total. The van der Waals surface area contributed by atoms with Gasteiger partial charge in [0.05, 0.1) is 23.5 Å². The van der Waals surface area contributed by atoms with Gasteiger partial charge in [0.15, 0.2) is 0 Å². The summed E-state index contributed by atoms with van der Waals surface area (Å²) in [5, 5.41) is 13.6. The minimum atomic E-state index is -5.30. The summed E-state index contributed by atoms with van der Waals surface area (Å²) in [5.41, 5.74) is -1.65. The van der Waals surface area contributed by atoms with Gasteiger partial charge in [0, 0.05) is 17.8 Å². The zero-order valence-electron chi connectivity index (χ0n) is 24.1. The summed E-state index contributed by atoms with van der Waals surface area (Å²) < 4.78 is 80.4. The molecule has 4 rings (SSSR count). The summed E-state index contributed by atoms with van der Waals surface area (Å²) >= 11 is 0. The topological polar surface area (TPSA) is 95.5 Å². The summed E-state index contributed by atoms with van der Waals surface area (Å²) in [6.07, 6.45) is -5.19. The molecule has 45 heavy (non-hydrogen) atoms. The Morgan fingerprint density at radius 2 is 1.42 bits per heavy atom. The number of carbonyl (C=O) groups is 3. The molecular formula is C33H32F6N2O4. The van der Waals surface area contributed by atoms with Crippen LogP contribution in [0.15, 0.2) is 66.7 Å². The first-order chi connectivity index (χ1) is 21.2. The van der Waals surface area contributed by atoms with Gasteiger partial charge in [0.25, 0.3) is 5.91 Å². The summed E-state index contributed by atoms with van der Waals surface area (Å²) in [6, 6.07) is 15.0. The van der Waals surface area contributed by atoms with Crippen molar-refractivity contribution in [3.63, 3.8) is 0 Å². The second-order valence-corrected chi connectivity index (χ2v) is 11.1. The molecule has 240 valence electrons. The van der Waals surface area contributed by atoms with Crippen LogP contribution in [0.5, 0.6) is 0 Å². The maximum atomic E-state index is 13.6. The number of hydrogen-bond donors (Lipinski definition) is 3. The van der Waals surface area contributed by atoms with E-state index in [1.54, 1.807) is 24.3 Å². The summed E-state index contributed by atoms with van der Waals surface area (Å²) in [4.78, 5) is 36.6. The van der Waals surface area contributed by atoms with E-state index in [-0.39, 0.29) is 31.0 Å². The third kappa shape index (κ3) is 9.09. The van der Waals surface area contributed by atoms with Gasteiger partial charge in [0.1, 0.15) is 0 Å². The molecule has 0 spiro atoms. The van der Waals surface area contributed by atoms with E-state index in [0.29, 0.717) is 23.1 Å². The lowest BCUT2D eigenvalue weighted by Crippen LogP contribution is -2.26. The van der Waals surface area contributed by atoms with Gasteiger partial charge in [-0.15, -0.1) is 0 Å². The normalized spacial score (nSPS) is 14.9. The lowest BCUT2D eigenvalue weighted by atomic mass is 9.83. The van der Waals surface area contributed by atoms with E-state index in [2.05, 4.69) is 10.6 Å². The Bertz CT molecular complexity index is 1500. The molecule has 2 amide bonds. The minimum absolute atomic E-state index is 0.0605. The van der Waals surface area contributed by atoms with Crippen molar-refractivity contribution in [2.45, 2.75) is 69.1 Å². The van der Waals surface area contributed by atoms with Crippen LogP contribution in [0.4, 0.5) is 32.0 Å². The SMILES string of the molecule is O=C(O)CCNC(=O)c1ccc(CC(C(=O)Nc2ccc(C(F)(F)F)c(C(F)(F)F)c2)c2ccc(C3CCCCC3)cc2)cc1. The third-order valence-electron chi connectivity index (χ3n) is 7.91. The fraction of sp³-hybridized carbons (Fsp3) is 0.364. The number of halogens is 6. The molecule has 6 nitrogen and oxygen atoms in total. The summed E-state index contributed by atoms with van der Waals surface area (Å²) in [7, 11) is 0. The van der Waals surface area contributed by atoms with Gasteiger partial charge in [0.2, 0.25) is 5.91 Å². The van der Waals surface area contributed by atoms with Crippen molar-refractivity contribution in [2.75, 3.05) is 11.9 Å². The predicted octanol–water partition coefficient (Wildman–Crippen LogP) is 7.94. The standard InChI is InChI=1S/C33H32F6N2O4/c34-32(35,36)27-15-14-25(19-28(27)33(37,38)39)41-31(45)26(23-12-10-22(11-13-23)21-4-2-1-3-5-21)18-20-6-8-24(9-7-20)30(44)40-17-16-29(42)43/h6-15,19,21,26H,1-5,16-18H2,(H,40,44)(H,41,45)(H,42,43). The fourth-order valence-corrected chi connectivity index (χ4v) is 5.54. The van der Waals surface area contributed by atoms with Crippen LogP contribution < -0.4 is 10.6 Å². The Hall–Kier alpha value is -4.35. The van der Waals surface area contributed by atoms with Crippen LogP contribution in [0.2, 0.25) is 0 Å². The Morgan fingerprint density at radius 3 is 2.00 bits per heavy atom. The van der Waals surface area contributed by atoms with Gasteiger partial charge in [-0.2, -0.15) is 26.3 Å². The highest BCUT2D eigenvalue weighted by Gasteiger charge is 2.43. The largest absolute Gasteiger partial charge is 0.481 e. The average Bonchev–Trinajstić information content (AvgIpc) is 2.99. The minimum Gasteiger partial charge on any atom is -0.481 e. The van der Waals surface area contributed by atoms with E-state index in [0.717, 1.165) is 37.3 Å². The van der Waals surface area contributed by atoms with Crippen LogP contribution in [0, 0.1) is 0 Å². The number of carbonyl (C=O) groups excluding carboxylic acids is 2. The van der Waals surface area contributed by atoms with E-state index in [9.17, 15) is 40.7 Å². The maximum Gasteiger partial charge on any atom is 0.417 e. The smallest absolute Gasteiger partial charge is 0.417 e. The fourth-order valence-electron chi connectivity index (χ4n) is 5.54. The van der Waals surface area contributed by atoms with Crippen molar-refractivity contribution in [2.24, 2.45) is 0 Å². The number of alkyl halides is 6. The van der Waals surface area contributed by atoms with Gasteiger partial charge in [-0.3, -0.25) is 14.4 Å². The van der Waals surface area contributed by atoms with Gasteiger partial charge >= 0.3 is 18.3 Å². The third-order valence-corrected chi connectivity index (χ3v) is 7.91. The van der Waals surface area contributed by atoms with Crippen molar-refractivity contribution in [1.82, 2.24) is 5.32 Å². The average molecular weight is 635 g/mol. The second kappa shape index (κ2) is 14.2. The van der Waals surface area contributed by atoms with Crippen molar-refractivity contribution in [3.8, 4) is 0 Å². The van der Waals surface area contributed by atoms with Gasteiger partial charge in [-0.05, 0) is 72.2 Å². The molecule has 0 aliphatic heterocycles. The lowest BCUT2D eigenvalue weighted by molar-refractivity contribution is -0.162. The molecule has 0 radical (unpaired) electrons. The molecule has 0 saturated heterocycles. The number of nitrogens with one attached hydrogen (secondary N) is 2. The van der Waals surface area contributed by atoms with Crippen LogP contribution in [0.1, 0.15) is 88.5 Å². The Balaban J connectivity index is 1.59. The molecule has 1 aliphatic rings. The molecule has 12 heteroatoms. The molecule has 1 fully saturated rings. The molecule has 1 unspecified atom stereocenters. The number of aliphatic carboxylic acids is 1. The molecule has 3 aromatic carbocycles. The molecule has 1 saturated carbocycles. The van der Waals surface area contributed by atoms with E-state index < -0.39 is 52.9 Å². The first kappa shape index (κ1) is 33.5. The van der Waals surface area contributed by atoms with Crippen molar-refractivity contribution >= 4 is 23.5 Å². The number of carboxylic acid groups (broad SMARTS) is 1. The van der Waals surface area contributed by atoms with Gasteiger partial charge in [-0.25, -0.2) is 0 Å². The number of carboxylic acids is 1. The Kier molecular flexibility index (Phi) is 10.6. The maximum absolute atomic E-state index is 13.6. The van der Waals surface area contributed by atoms with Crippen LogP contribution in [0.25, 0.3) is 0 Å². The highest BCUT2D eigenvalue weighted by Crippen LogP contribution is 2.41. The monoisotopic (exact) mass is 634 g/mol. The van der Waals surface area contributed by atoms with E-state index >= 15 is 0 Å². The van der Waals surface area contributed by atoms with Crippen LogP contribution in [-0.2, 0) is 28.4 Å². The van der Waals surface area contributed by atoms with Crippen molar-refractivity contribution in [1.29, 1.82) is 0 Å². The lowest BCUT2D eigenvalue weighted by Gasteiger charge is -2.23. The molecule has 0 bridgehead atoms. The number of anilines is 1.